The van der Waals surface area contributed by atoms with Crippen molar-refractivity contribution >= 4 is 17.7 Å². The minimum absolute atomic E-state index is 0. The number of non-ortho nitro benzene ring substituents is 1. The third kappa shape index (κ3) is 9.15. The van der Waals surface area contributed by atoms with Crippen LogP contribution >= 0.6 is 0 Å². The van der Waals surface area contributed by atoms with E-state index in [1.807, 2.05) is 0 Å². The summed E-state index contributed by atoms with van der Waals surface area (Å²) in [6.45, 7) is 3.69. The van der Waals surface area contributed by atoms with Crippen LogP contribution < -0.4 is 4.74 Å². The van der Waals surface area contributed by atoms with Gasteiger partial charge in [-0.05, 0) is 25.0 Å². The molecule has 1 aliphatic heterocycles. The maximum atomic E-state index is 12.1. The van der Waals surface area contributed by atoms with Crippen LogP contribution in [-0.4, -0.2) is 51.4 Å². The van der Waals surface area contributed by atoms with Crippen LogP contribution in [-0.2, 0) is 42.2 Å². The van der Waals surface area contributed by atoms with E-state index in [0.29, 0.717) is 13.0 Å². The Morgan fingerprint density at radius 3 is 2.30 bits per heavy atom. The Morgan fingerprint density at radius 1 is 1.26 bits per heavy atom. The fraction of sp³-hybridized carbons (Fsp3) is 0.357. The van der Waals surface area contributed by atoms with Crippen molar-refractivity contribution in [2.45, 2.75) is 18.9 Å². The Bertz CT molecular complexity index is 664. The van der Waals surface area contributed by atoms with E-state index in [9.17, 15) is 19.7 Å². The van der Waals surface area contributed by atoms with Crippen molar-refractivity contribution in [3.8, 4) is 5.75 Å². The van der Waals surface area contributed by atoms with Gasteiger partial charge in [0.15, 0.2) is 5.97 Å². The maximum Gasteiger partial charge on any atom is 0.415 e. The Balaban J connectivity index is 0.00000123. The van der Waals surface area contributed by atoms with Gasteiger partial charge >= 0.3 is 6.09 Å². The summed E-state index contributed by atoms with van der Waals surface area (Å²) in [7, 11) is 0. The van der Waals surface area contributed by atoms with Crippen LogP contribution in [0.15, 0.2) is 24.3 Å². The molecule has 12 nitrogen and oxygen atoms in total. The molecule has 0 spiro atoms. The number of likely N-dealkylation sites (tertiary alicyclic amines) is 1. The summed E-state index contributed by atoms with van der Waals surface area (Å²) in [4.78, 5) is 42.7. The first-order valence-electron chi connectivity index (χ1n) is 7.25. The second kappa shape index (κ2) is 12.0. The third-order valence-corrected chi connectivity index (χ3v) is 3.30. The third-order valence-electron chi connectivity index (χ3n) is 3.30. The predicted octanol–water partition coefficient (Wildman–Crippen LogP) is 1.59. The topological polar surface area (TPSA) is 162 Å². The number of rotatable bonds is 4. The van der Waals surface area contributed by atoms with Gasteiger partial charge in [-0.1, -0.05) is 0 Å². The van der Waals surface area contributed by atoms with Crippen molar-refractivity contribution in [3.05, 3.63) is 51.4 Å². The van der Waals surface area contributed by atoms with E-state index >= 15 is 0 Å². The molecule has 145 valence electrons. The Labute approximate surface area is 178 Å². The van der Waals surface area contributed by atoms with Crippen LogP contribution in [0.2, 0.25) is 0 Å². The van der Waals surface area contributed by atoms with E-state index in [1.165, 1.54) is 29.2 Å². The van der Waals surface area contributed by atoms with Gasteiger partial charge in [0, 0.05) is 51.4 Å². The number of ether oxygens (including phenoxy) is 2. The second-order valence-electron chi connectivity index (χ2n) is 5.03. The monoisotopic (exact) mass is 459 g/mol. The van der Waals surface area contributed by atoms with Crippen molar-refractivity contribution in [1.82, 2.24) is 4.90 Å². The normalized spacial score (nSPS) is 14.8. The summed E-state index contributed by atoms with van der Waals surface area (Å²) in [6, 6.07) is 4.99. The zero-order chi connectivity index (χ0) is 19.7. The molecule has 1 amide bonds. The molecule has 0 bridgehead atoms. The number of hydrogen-bond acceptors (Lipinski definition) is 8. The molecule has 13 heteroatoms. The molecule has 0 saturated carbocycles. The predicted molar refractivity (Wildman–Crippen MR) is 83.9 cm³/mol. The molecule has 1 atom stereocenters. The molecule has 2 rings (SSSR count). The number of amides is 1. The Morgan fingerprint density at radius 2 is 1.81 bits per heavy atom. The molecular formula is C14H16N3O9Y-. The number of carbonyl (C=O) groups is 2. The molecule has 1 heterocycles. The minimum atomic E-state index is -1.50. The summed E-state index contributed by atoms with van der Waals surface area (Å²) < 4.78 is 10.0. The van der Waals surface area contributed by atoms with Crippen molar-refractivity contribution < 1.29 is 67.0 Å². The Hall–Kier alpha value is -2.47. The standard InChI is InChI=1S/C14H15N2O6.HNO3.Y/c1-10(17)21-9-12-3-2-8-15(12)14(18)22-13-6-4-11(5-7-13)16(19)20;2-1(3)4;/h4-7,12H,1-3,8-9H2;(H,2,3,4);/q-1;;. The van der Waals surface area contributed by atoms with Gasteiger partial charge in [0.2, 0.25) is 0 Å². The van der Waals surface area contributed by atoms with Crippen LogP contribution in [0.5, 0.6) is 5.75 Å². The molecule has 1 radical (unpaired) electrons. The van der Waals surface area contributed by atoms with Crippen molar-refractivity contribution in [2.75, 3.05) is 13.2 Å². The van der Waals surface area contributed by atoms with Crippen LogP contribution in [0.1, 0.15) is 12.8 Å². The molecule has 1 unspecified atom stereocenters. The van der Waals surface area contributed by atoms with E-state index < -0.39 is 22.1 Å². The first kappa shape index (κ1) is 24.5. The first-order valence-corrected chi connectivity index (χ1v) is 7.25. The zero-order valence-corrected chi connectivity index (χ0v) is 16.9. The molecule has 0 aliphatic carbocycles. The van der Waals surface area contributed by atoms with Gasteiger partial charge in [0.25, 0.3) is 10.8 Å². The SMILES string of the molecule is O=[N+]([O-])O.[CH2-]C(=O)OCC1CCCN1C(=O)Oc1ccc([N+](=O)[O-])cc1.[Y]. The number of nitro groups is 1. The fourth-order valence-corrected chi connectivity index (χ4v) is 2.23. The van der Waals surface area contributed by atoms with Crippen LogP contribution in [0.3, 0.4) is 0 Å². The molecule has 1 fully saturated rings. The summed E-state index contributed by atoms with van der Waals surface area (Å²) in [5, 5.41) is 24.2. The summed E-state index contributed by atoms with van der Waals surface area (Å²) >= 11 is 0. The van der Waals surface area contributed by atoms with E-state index in [1.54, 1.807) is 0 Å². The number of carbonyl (C=O) groups excluding carboxylic acids is 2. The zero-order valence-electron chi connectivity index (χ0n) is 14.1. The number of nitrogens with zero attached hydrogens (tertiary/aromatic N) is 3. The van der Waals surface area contributed by atoms with E-state index in [0.717, 1.165) is 6.42 Å². The molecule has 0 aromatic heterocycles. The minimum Gasteiger partial charge on any atom is -0.486 e. The molecule has 1 aromatic carbocycles. The van der Waals surface area contributed by atoms with Crippen LogP contribution in [0, 0.1) is 27.2 Å². The molecule has 1 N–H and O–H groups in total. The summed E-state index contributed by atoms with van der Waals surface area (Å²) in [5.74, 6) is -0.425. The second-order valence-corrected chi connectivity index (χ2v) is 5.03. The number of nitro benzene ring substituents is 1. The van der Waals surface area contributed by atoms with Gasteiger partial charge < -0.3 is 19.6 Å². The smallest absolute Gasteiger partial charge is 0.415 e. The van der Waals surface area contributed by atoms with Gasteiger partial charge in [-0.3, -0.25) is 21.8 Å². The van der Waals surface area contributed by atoms with Crippen molar-refractivity contribution in [1.29, 1.82) is 0 Å². The van der Waals surface area contributed by atoms with Gasteiger partial charge in [-0.2, -0.15) is 0 Å². The van der Waals surface area contributed by atoms with Gasteiger partial charge in [-0.15, -0.1) is 10.1 Å². The average Bonchev–Trinajstić information content (AvgIpc) is 3.01. The summed E-state index contributed by atoms with van der Waals surface area (Å²) in [5.41, 5.74) is -0.0822. The molecule has 27 heavy (non-hydrogen) atoms. The average molecular weight is 459 g/mol. The van der Waals surface area contributed by atoms with Crippen LogP contribution in [0.4, 0.5) is 10.5 Å². The van der Waals surface area contributed by atoms with E-state index in [4.69, 9.17) is 24.8 Å². The van der Waals surface area contributed by atoms with Crippen LogP contribution in [0.25, 0.3) is 0 Å². The first-order chi connectivity index (χ1) is 12.2. The van der Waals surface area contributed by atoms with Gasteiger partial charge in [0.1, 0.15) is 12.4 Å². The number of hydrogen-bond donors (Lipinski definition) is 1. The quantitative estimate of drug-likeness (QED) is 0.305. The largest absolute Gasteiger partial charge is 0.486 e. The molecular weight excluding hydrogens is 443 g/mol. The van der Waals surface area contributed by atoms with E-state index in [2.05, 4.69) is 6.92 Å². The number of esters is 1. The maximum absolute atomic E-state index is 12.1. The van der Waals surface area contributed by atoms with Crippen molar-refractivity contribution in [3.63, 3.8) is 0 Å². The Kier molecular flexibility index (Phi) is 10.9. The summed E-state index contributed by atoms with van der Waals surface area (Å²) in [6.07, 6.45) is 0.925. The van der Waals surface area contributed by atoms with Gasteiger partial charge in [-0.25, -0.2) is 4.79 Å². The molecule has 1 aliphatic rings. The molecule has 1 aromatic rings. The number of benzene rings is 1. The van der Waals surface area contributed by atoms with Gasteiger partial charge in [0.05, 0.1) is 11.0 Å². The van der Waals surface area contributed by atoms with Crippen molar-refractivity contribution in [2.24, 2.45) is 0 Å². The molecule has 1 saturated heterocycles. The van der Waals surface area contributed by atoms with E-state index in [-0.39, 0.29) is 56.8 Å². The fourth-order valence-electron chi connectivity index (χ4n) is 2.23.